The maximum Gasteiger partial charge on any atom is 0.137 e. The molecule has 1 atom stereocenters. The van der Waals surface area contributed by atoms with E-state index in [9.17, 15) is 0 Å². The topological polar surface area (TPSA) is 60.2 Å². The maximum absolute atomic E-state index is 5.98. The van der Waals surface area contributed by atoms with Crippen molar-refractivity contribution in [3.63, 3.8) is 0 Å². The number of halogens is 2. The first kappa shape index (κ1) is 16.2. The molecule has 0 aliphatic rings. The van der Waals surface area contributed by atoms with Crippen molar-refractivity contribution in [2.24, 2.45) is 5.84 Å². The van der Waals surface area contributed by atoms with Gasteiger partial charge in [0.25, 0.3) is 0 Å². The second-order valence-electron chi connectivity index (χ2n) is 4.57. The van der Waals surface area contributed by atoms with E-state index in [1.54, 1.807) is 12.4 Å². The van der Waals surface area contributed by atoms with E-state index < -0.39 is 0 Å². The minimum absolute atomic E-state index is 0.200. The van der Waals surface area contributed by atoms with E-state index in [1.807, 2.05) is 24.3 Å². The third-order valence-electron chi connectivity index (χ3n) is 2.98. The Balaban J connectivity index is 2.32. The molecule has 112 valence electrons. The summed E-state index contributed by atoms with van der Waals surface area (Å²) in [6.07, 6.45) is 4.42. The van der Waals surface area contributed by atoms with Crippen LogP contribution in [0.25, 0.3) is 0 Å². The van der Waals surface area contributed by atoms with Gasteiger partial charge in [-0.15, -0.1) is 0 Å². The van der Waals surface area contributed by atoms with Crippen molar-refractivity contribution >= 4 is 27.5 Å². The number of hydrogen-bond donors (Lipinski definition) is 2. The van der Waals surface area contributed by atoms with Gasteiger partial charge in [-0.2, -0.15) is 0 Å². The van der Waals surface area contributed by atoms with Crippen LogP contribution in [0.4, 0.5) is 0 Å². The van der Waals surface area contributed by atoms with Gasteiger partial charge in [-0.05, 0) is 35.7 Å². The van der Waals surface area contributed by atoms with E-state index in [-0.39, 0.29) is 6.04 Å². The van der Waals surface area contributed by atoms with Crippen molar-refractivity contribution in [1.82, 2.24) is 10.4 Å². The summed E-state index contributed by atoms with van der Waals surface area (Å²) in [5.41, 5.74) is 4.72. The molecule has 0 bridgehead atoms. The zero-order valence-electron chi connectivity index (χ0n) is 11.6. The SMILES string of the molecule is CCCOc1cncc(C(NN)c2ccc(Cl)cc2Br)c1. The maximum atomic E-state index is 5.98. The number of nitrogens with one attached hydrogen (secondary N) is 1. The molecule has 1 unspecified atom stereocenters. The van der Waals surface area contributed by atoms with Crippen molar-refractivity contribution < 1.29 is 4.74 Å². The van der Waals surface area contributed by atoms with E-state index >= 15 is 0 Å². The number of nitrogens with zero attached hydrogens (tertiary/aromatic N) is 1. The smallest absolute Gasteiger partial charge is 0.137 e. The largest absolute Gasteiger partial charge is 0.492 e. The zero-order chi connectivity index (χ0) is 15.2. The summed E-state index contributed by atoms with van der Waals surface area (Å²) in [6.45, 7) is 2.73. The average Bonchev–Trinajstić information content (AvgIpc) is 2.48. The van der Waals surface area contributed by atoms with Crippen molar-refractivity contribution in [1.29, 1.82) is 0 Å². The molecule has 0 aliphatic heterocycles. The Hall–Kier alpha value is -1.14. The van der Waals surface area contributed by atoms with Crippen molar-refractivity contribution in [3.8, 4) is 5.75 Å². The summed E-state index contributed by atoms with van der Waals surface area (Å²) in [5.74, 6) is 6.46. The number of ether oxygens (including phenoxy) is 1. The third kappa shape index (κ3) is 4.17. The Morgan fingerprint density at radius 2 is 2.19 bits per heavy atom. The van der Waals surface area contributed by atoms with Crippen molar-refractivity contribution in [3.05, 3.63) is 57.3 Å². The van der Waals surface area contributed by atoms with Crippen LogP contribution in [0.2, 0.25) is 5.02 Å². The molecule has 0 aliphatic carbocycles. The molecule has 6 heteroatoms. The van der Waals surface area contributed by atoms with Crippen molar-refractivity contribution in [2.45, 2.75) is 19.4 Å². The summed E-state index contributed by atoms with van der Waals surface area (Å²) in [4.78, 5) is 4.22. The van der Waals surface area contributed by atoms with Gasteiger partial charge in [0.05, 0.1) is 18.8 Å². The van der Waals surface area contributed by atoms with Gasteiger partial charge in [-0.25, -0.2) is 5.43 Å². The summed E-state index contributed by atoms with van der Waals surface area (Å²) in [7, 11) is 0. The van der Waals surface area contributed by atoms with Gasteiger partial charge in [0, 0.05) is 15.7 Å². The third-order valence-corrected chi connectivity index (χ3v) is 3.90. The van der Waals surface area contributed by atoms with Gasteiger partial charge in [-0.1, -0.05) is 40.5 Å². The number of pyridine rings is 1. The van der Waals surface area contributed by atoms with Gasteiger partial charge >= 0.3 is 0 Å². The summed E-state index contributed by atoms with van der Waals surface area (Å²) < 4.78 is 6.50. The minimum atomic E-state index is -0.200. The highest BCUT2D eigenvalue weighted by molar-refractivity contribution is 9.10. The normalized spacial score (nSPS) is 12.2. The fourth-order valence-corrected chi connectivity index (χ4v) is 2.91. The molecule has 1 heterocycles. The first-order valence-corrected chi connectivity index (χ1v) is 7.81. The Kier molecular flexibility index (Phi) is 5.99. The quantitative estimate of drug-likeness (QED) is 0.599. The monoisotopic (exact) mass is 369 g/mol. The van der Waals surface area contributed by atoms with Gasteiger partial charge in [0.15, 0.2) is 0 Å². The molecule has 1 aromatic heterocycles. The molecule has 3 N–H and O–H groups in total. The standard InChI is InChI=1S/C15H17BrClN3O/c1-2-5-21-12-6-10(8-19-9-12)15(20-18)13-4-3-11(17)7-14(13)16/h3-4,6-9,15,20H,2,5,18H2,1H3. The van der Waals surface area contributed by atoms with Crippen LogP contribution in [-0.2, 0) is 0 Å². The lowest BCUT2D eigenvalue weighted by atomic mass is 10.0. The van der Waals surface area contributed by atoms with Gasteiger partial charge < -0.3 is 4.74 Å². The molecule has 0 saturated heterocycles. The molecule has 21 heavy (non-hydrogen) atoms. The summed E-state index contributed by atoms with van der Waals surface area (Å²) in [5, 5.41) is 0.666. The van der Waals surface area contributed by atoms with E-state index in [1.165, 1.54) is 0 Å². The lowest BCUT2D eigenvalue weighted by molar-refractivity contribution is 0.315. The molecule has 0 saturated carbocycles. The minimum Gasteiger partial charge on any atom is -0.492 e. The predicted octanol–water partition coefficient (Wildman–Crippen LogP) is 3.84. The molecular weight excluding hydrogens is 354 g/mol. The van der Waals surface area contributed by atoms with E-state index in [0.717, 1.165) is 27.8 Å². The number of benzene rings is 1. The second kappa shape index (κ2) is 7.75. The Morgan fingerprint density at radius 1 is 1.38 bits per heavy atom. The highest BCUT2D eigenvalue weighted by Gasteiger charge is 2.16. The van der Waals surface area contributed by atoms with Crippen LogP contribution in [0.15, 0.2) is 41.1 Å². The predicted molar refractivity (Wildman–Crippen MR) is 88.3 cm³/mol. The number of hydrazine groups is 1. The fraction of sp³-hybridized carbons (Fsp3) is 0.267. The summed E-state index contributed by atoms with van der Waals surface area (Å²) >= 11 is 9.49. The van der Waals surface area contributed by atoms with Crippen LogP contribution < -0.4 is 16.0 Å². The van der Waals surface area contributed by atoms with Gasteiger partial charge in [-0.3, -0.25) is 10.8 Å². The lowest BCUT2D eigenvalue weighted by Gasteiger charge is -2.19. The van der Waals surface area contributed by atoms with E-state index in [4.69, 9.17) is 22.2 Å². The van der Waals surface area contributed by atoms with Crippen LogP contribution in [0.5, 0.6) is 5.75 Å². The average molecular weight is 371 g/mol. The van der Waals surface area contributed by atoms with Gasteiger partial charge in [0.1, 0.15) is 5.75 Å². The first-order chi connectivity index (χ1) is 10.2. The number of hydrogen-bond acceptors (Lipinski definition) is 4. The molecule has 0 fully saturated rings. The van der Waals surface area contributed by atoms with E-state index in [2.05, 4.69) is 33.3 Å². The fourth-order valence-electron chi connectivity index (χ4n) is 1.99. The Labute approximate surface area is 137 Å². The molecule has 1 aromatic carbocycles. The molecule has 0 radical (unpaired) electrons. The molecule has 0 spiro atoms. The van der Waals surface area contributed by atoms with E-state index in [0.29, 0.717) is 11.6 Å². The second-order valence-corrected chi connectivity index (χ2v) is 5.86. The molecular formula is C15H17BrClN3O. The van der Waals surface area contributed by atoms with Crippen LogP contribution in [0.3, 0.4) is 0 Å². The summed E-state index contributed by atoms with van der Waals surface area (Å²) in [6, 6.07) is 7.34. The van der Waals surface area contributed by atoms with Crippen LogP contribution in [0, 0.1) is 0 Å². The highest BCUT2D eigenvalue weighted by Crippen LogP contribution is 2.31. The highest BCUT2D eigenvalue weighted by atomic mass is 79.9. The van der Waals surface area contributed by atoms with Crippen LogP contribution in [-0.4, -0.2) is 11.6 Å². The van der Waals surface area contributed by atoms with Crippen LogP contribution in [0.1, 0.15) is 30.5 Å². The van der Waals surface area contributed by atoms with Crippen molar-refractivity contribution in [2.75, 3.05) is 6.61 Å². The van der Waals surface area contributed by atoms with Gasteiger partial charge in [0.2, 0.25) is 0 Å². The number of rotatable bonds is 6. The first-order valence-electron chi connectivity index (χ1n) is 6.64. The Bertz CT molecular complexity index is 609. The zero-order valence-corrected chi connectivity index (χ0v) is 14.0. The molecule has 2 rings (SSSR count). The molecule has 0 amide bonds. The van der Waals surface area contributed by atoms with Crippen LogP contribution >= 0.6 is 27.5 Å². The molecule has 2 aromatic rings. The Morgan fingerprint density at radius 3 is 2.86 bits per heavy atom. The lowest BCUT2D eigenvalue weighted by Crippen LogP contribution is -2.29. The number of nitrogens with two attached hydrogens (primary N) is 1. The molecule has 4 nitrogen and oxygen atoms in total. The number of aromatic nitrogens is 1.